The Morgan fingerprint density at radius 3 is 3.04 bits per heavy atom. The third kappa shape index (κ3) is 3.42. The summed E-state index contributed by atoms with van der Waals surface area (Å²) in [6.07, 6.45) is 3.69. The van der Waals surface area contributed by atoms with E-state index in [2.05, 4.69) is 20.0 Å². The van der Waals surface area contributed by atoms with E-state index in [1.54, 1.807) is 18.1 Å². The van der Waals surface area contributed by atoms with E-state index in [1.807, 2.05) is 19.2 Å². The zero-order valence-electron chi connectivity index (χ0n) is 13.6. The van der Waals surface area contributed by atoms with E-state index < -0.39 is 0 Å². The molecular weight excluding hydrogens is 314 g/mol. The van der Waals surface area contributed by atoms with Gasteiger partial charge in [0.25, 0.3) is 0 Å². The number of carbonyl (C=O) groups excluding carboxylic acids is 1. The first-order chi connectivity index (χ1) is 11.1. The fourth-order valence-electron chi connectivity index (χ4n) is 2.69. The van der Waals surface area contributed by atoms with Gasteiger partial charge in [-0.15, -0.1) is 11.3 Å². The third-order valence-corrected chi connectivity index (χ3v) is 4.88. The van der Waals surface area contributed by atoms with E-state index in [0.717, 1.165) is 19.4 Å². The smallest absolute Gasteiger partial charge is 0.242 e. The first-order valence-electron chi connectivity index (χ1n) is 7.80. The molecule has 0 saturated carbocycles. The van der Waals surface area contributed by atoms with Gasteiger partial charge in [0, 0.05) is 24.5 Å². The van der Waals surface area contributed by atoms with Crippen molar-refractivity contribution in [3.8, 4) is 0 Å². The van der Waals surface area contributed by atoms with Gasteiger partial charge in [0.15, 0.2) is 11.0 Å². The zero-order chi connectivity index (χ0) is 16.4. The summed E-state index contributed by atoms with van der Waals surface area (Å²) in [7, 11) is 1.76. The van der Waals surface area contributed by atoms with E-state index in [0.29, 0.717) is 23.4 Å². The van der Waals surface area contributed by atoms with Gasteiger partial charge < -0.3 is 4.52 Å². The lowest BCUT2D eigenvalue weighted by Gasteiger charge is -2.23. The molecule has 0 aliphatic carbocycles. The lowest BCUT2D eigenvalue weighted by atomic mass is 10.2. The molecule has 3 heterocycles. The highest BCUT2D eigenvalue weighted by molar-refractivity contribution is 7.13. The Morgan fingerprint density at radius 1 is 1.57 bits per heavy atom. The number of nitrogens with zero attached hydrogens (tertiary/aromatic N) is 5. The van der Waals surface area contributed by atoms with Gasteiger partial charge in [-0.1, -0.05) is 19.0 Å². The van der Waals surface area contributed by atoms with Gasteiger partial charge in [0.2, 0.25) is 11.8 Å². The van der Waals surface area contributed by atoms with E-state index >= 15 is 0 Å². The first-order valence-corrected chi connectivity index (χ1v) is 8.68. The van der Waals surface area contributed by atoms with Crippen molar-refractivity contribution in [3.05, 3.63) is 23.3 Å². The van der Waals surface area contributed by atoms with Crippen molar-refractivity contribution in [3.63, 3.8) is 0 Å². The molecule has 124 valence electrons. The minimum atomic E-state index is 0.0272. The molecule has 0 bridgehead atoms. The molecule has 2 aromatic rings. The molecule has 1 aliphatic rings. The molecule has 0 aromatic carbocycles. The number of rotatable bonds is 5. The second-order valence-electron chi connectivity index (χ2n) is 6.04. The van der Waals surface area contributed by atoms with Gasteiger partial charge in [0.1, 0.15) is 0 Å². The molecule has 0 radical (unpaired) electrons. The van der Waals surface area contributed by atoms with Crippen molar-refractivity contribution < 1.29 is 9.32 Å². The predicted octanol–water partition coefficient (Wildman–Crippen LogP) is 2.45. The van der Waals surface area contributed by atoms with Crippen molar-refractivity contribution in [2.45, 2.75) is 38.6 Å². The quantitative estimate of drug-likeness (QED) is 0.835. The van der Waals surface area contributed by atoms with Gasteiger partial charge in [-0.2, -0.15) is 4.98 Å². The fourth-order valence-corrected chi connectivity index (χ4v) is 3.32. The normalized spacial score (nSPS) is 18.7. The summed E-state index contributed by atoms with van der Waals surface area (Å²) in [5.41, 5.74) is 0. The molecule has 0 spiro atoms. The lowest BCUT2D eigenvalue weighted by molar-refractivity contribution is -0.119. The molecule has 7 nitrogen and oxygen atoms in total. The fraction of sp³-hybridized carbons (Fsp3) is 0.600. The number of hydrogen-bond acceptors (Lipinski definition) is 7. The molecule has 1 fully saturated rings. The van der Waals surface area contributed by atoms with Gasteiger partial charge in [-0.3, -0.25) is 14.6 Å². The van der Waals surface area contributed by atoms with Crippen LogP contribution in [0.3, 0.4) is 0 Å². The van der Waals surface area contributed by atoms with Crippen LogP contribution < -0.4 is 4.90 Å². The van der Waals surface area contributed by atoms with E-state index in [-0.39, 0.29) is 17.9 Å². The Hall–Kier alpha value is -1.80. The van der Waals surface area contributed by atoms with Gasteiger partial charge >= 0.3 is 0 Å². The van der Waals surface area contributed by atoms with Crippen LogP contribution >= 0.6 is 11.3 Å². The molecule has 8 heteroatoms. The Balaban J connectivity index is 1.68. The van der Waals surface area contributed by atoms with Crippen LogP contribution in [0.1, 0.15) is 50.4 Å². The van der Waals surface area contributed by atoms with Gasteiger partial charge in [-0.05, 0) is 19.4 Å². The standard InChI is InChI=1S/C15H21N5O2S/c1-10(2)14-17-13(18-22-14)11-5-4-7-20(11)9-12(21)19(3)15-16-6-8-23-15/h6,8,10-11H,4-5,7,9H2,1-3H3/t11-/m1/s1. The summed E-state index contributed by atoms with van der Waals surface area (Å²) in [6, 6.07) is 0.0555. The first kappa shape index (κ1) is 16.1. The number of amides is 1. The predicted molar refractivity (Wildman–Crippen MR) is 87.5 cm³/mol. The average molecular weight is 335 g/mol. The van der Waals surface area contributed by atoms with Crippen LogP contribution in [-0.4, -0.2) is 46.1 Å². The van der Waals surface area contributed by atoms with Crippen LogP contribution in [0.15, 0.2) is 16.1 Å². The van der Waals surface area contributed by atoms with Gasteiger partial charge in [0.05, 0.1) is 12.6 Å². The van der Waals surface area contributed by atoms with E-state index in [1.165, 1.54) is 11.3 Å². The second-order valence-corrected chi connectivity index (χ2v) is 6.91. The SMILES string of the molecule is CC(C)c1nc([C@H]2CCCN2CC(=O)N(C)c2nccs2)no1. The Kier molecular flexibility index (Phi) is 4.72. The number of likely N-dealkylation sites (N-methyl/N-ethyl adjacent to an activating group) is 1. The number of likely N-dealkylation sites (tertiary alicyclic amines) is 1. The van der Waals surface area contributed by atoms with Crippen LogP contribution in [0.4, 0.5) is 5.13 Å². The van der Waals surface area contributed by atoms with Crippen molar-refractivity contribution in [2.75, 3.05) is 25.0 Å². The van der Waals surface area contributed by atoms with Crippen LogP contribution in [-0.2, 0) is 4.79 Å². The molecule has 0 unspecified atom stereocenters. The maximum atomic E-state index is 12.5. The largest absolute Gasteiger partial charge is 0.339 e. The summed E-state index contributed by atoms with van der Waals surface area (Å²) in [6.45, 7) is 5.26. The zero-order valence-corrected chi connectivity index (χ0v) is 14.4. The lowest BCUT2D eigenvalue weighted by Crippen LogP contribution is -2.38. The number of carbonyl (C=O) groups is 1. The Morgan fingerprint density at radius 2 is 2.39 bits per heavy atom. The minimum absolute atomic E-state index is 0.0272. The summed E-state index contributed by atoms with van der Waals surface area (Å²) < 4.78 is 5.31. The molecule has 0 N–H and O–H groups in total. The minimum Gasteiger partial charge on any atom is -0.339 e. The summed E-state index contributed by atoms with van der Waals surface area (Å²) in [4.78, 5) is 24.9. The molecular formula is C15H21N5O2S. The monoisotopic (exact) mass is 335 g/mol. The molecule has 1 amide bonds. The number of anilines is 1. The van der Waals surface area contributed by atoms with Crippen molar-refractivity contribution in [2.24, 2.45) is 0 Å². The van der Waals surface area contributed by atoms with Crippen molar-refractivity contribution in [1.29, 1.82) is 0 Å². The number of aromatic nitrogens is 3. The van der Waals surface area contributed by atoms with E-state index in [4.69, 9.17) is 4.52 Å². The molecule has 2 aromatic heterocycles. The van der Waals surface area contributed by atoms with Crippen LogP contribution in [0.5, 0.6) is 0 Å². The Bertz CT molecular complexity index is 655. The third-order valence-electron chi connectivity index (χ3n) is 4.03. The average Bonchev–Trinajstić information content (AvgIpc) is 3.26. The van der Waals surface area contributed by atoms with Gasteiger partial charge in [-0.25, -0.2) is 4.98 Å². The molecule has 23 heavy (non-hydrogen) atoms. The molecule has 1 aliphatic heterocycles. The maximum absolute atomic E-state index is 12.5. The second kappa shape index (κ2) is 6.76. The summed E-state index contributed by atoms with van der Waals surface area (Å²) in [5.74, 6) is 1.58. The van der Waals surface area contributed by atoms with Crippen LogP contribution in [0.25, 0.3) is 0 Å². The molecule has 1 atom stereocenters. The maximum Gasteiger partial charge on any atom is 0.242 e. The van der Waals surface area contributed by atoms with Crippen LogP contribution in [0, 0.1) is 0 Å². The highest BCUT2D eigenvalue weighted by Gasteiger charge is 2.32. The highest BCUT2D eigenvalue weighted by Crippen LogP contribution is 2.31. The van der Waals surface area contributed by atoms with Crippen molar-refractivity contribution >= 4 is 22.4 Å². The number of thiazole rings is 1. The van der Waals surface area contributed by atoms with Crippen molar-refractivity contribution in [1.82, 2.24) is 20.0 Å². The number of hydrogen-bond donors (Lipinski definition) is 0. The Labute approximate surface area is 139 Å². The summed E-state index contributed by atoms with van der Waals surface area (Å²) in [5, 5.41) is 6.69. The van der Waals surface area contributed by atoms with E-state index in [9.17, 15) is 4.79 Å². The topological polar surface area (TPSA) is 75.4 Å². The highest BCUT2D eigenvalue weighted by atomic mass is 32.1. The molecule has 3 rings (SSSR count). The van der Waals surface area contributed by atoms with Crippen LogP contribution in [0.2, 0.25) is 0 Å². The summed E-state index contributed by atoms with van der Waals surface area (Å²) >= 11 is 1.46. The molecule has 1 saturated heterocycles.